The number of nitrogens with zero attached hydrogens (tertiary/aromatic N) is 4. The third kappa shape index (κ3) is 4.85. The minimum atomic E-state index is -0.640. The van der Waals surface area contributed by atoms with Crippen LogP contribution in [0.2, 0.25) is 5.02 Å². The number of carbonyl (C=O) groups is 1. The van der Waals surface area contributed by atoms with Crippen LogP contribution in [-0.2, 0) is 4.79 Å². The summed E-state index contributed by atoms with van der Waals surface area (Å²) in [6, 6.07) is 15.7. The second-order valence-electron chi connectivity index (χ2n) is 8.10. The van der Waals surface area contributed by atoms with Gasteiger partial charge < -0.3 is 9.64 Å². The Labute approximate surface area is 217 Å². The van der Waals surface area contributed by atoms with Gasteiger partial charge in [-0.2, -0.15) is 5.26 Å². The lowest BCUT2D eigenvalue weighted by molar-refractivity contribution is -0.127. The molecule has 3 aromatic rings. The maximum absolute atomic E-state index is 13.8. The van der Waals surface area contributed by atoms with Crippen LogP contribution in [0.1, 0.15) is 37.9 Å². The van der Waals surface area contributed by atoms with Crippen molar-refractivity contribution in [3.8, 4) is 11.8 Å². The van der Waals surface area contributed by atoms with Gasteiger partial charge in [-0.15, -0.1) is 0 Å². The van der Waals surface area contributed by atoms with E-state index in [2.05, 4.69) is 4.99 Å². The molecule has 9 heteroatoms. The molecule has 0 spiro atoms. The smallest absolute Gasteiger partial charge is 0.271 e. The van der Waals surface area contributed by atoms with Crippen LogP contribution in [0.5, 0.6) is 5.75 Å². The molecule has 1 aliphatic heterocycles. The van der Waals surface area contributed by atoms with Crippen LogP contribution in [0, 0.1) is 11.3 Å². The minimum absolute atomic E-state index is 0.0985. The number of rotatable bonds is 7. The van der Waals surface area contributed by atoms with Gasteiger partial charge in [0.15, 0.2) is 11.4 Å². The van der Waals surface area contributed by atoms with Gasteiger partial charge in [0.25, 0.3) is 11.5 Å². The first kappa shape index (κ1) is 25.4. The van der Waals surface area contributed by atoms with Gasteiger partial charge in [0.1, 0.15) is 11.8 Å². The van der Waals surface area contributed by atoms with E-state index in [0.717, 1.165) is 5.56 Å². The Morgan fingerprint density at radius 1 is 1.22 bits per heavy atom. The molecule has 0 unspecified atom stereocenters. The first-order valence-corrected chi connectivity index (χ1v) is 12.7. The summed E-state index contributed by atoms with van der Waals surface area (Å²) < 4.78 is 7.56. The number of allylic oxidation sites excluding steroid dienone is 1. The van der Waals surface area contributed by atoms with Crippen LogP contribution in [0.15, 0.2) is 69.6 Å². The number of likely N-dealkylation sites (N-methyl/N-ethyl adjacent to an activating group) is 1. The lowest BCUT2D eigenvalue weighted by Gasteiger charge is -2.29. The van der Waals surface area contributed by atoms with Crippen molar-refractivity contribution in [2.45, 2.75) is 26.8 Å². The van der Waals surface area contributed by atoms with E-state index >= 15 is 0 Å². The lowest BCUT2D eigenvalue weighted by atomic mass is 9.94. The molecule has 0 N–H and O–H groups in total. The Morgan fingerprint density at radius 3 is 2.58 bits per heavy atom. The van der Waals surface area contributed by atoms with Crippen LogP contribution >= 0.6 is 22.9 Å². The zero-order valence-electron chi connectivity index (χ0n) is 20.2. The number of benzene rings is 2. The predicted molar refractivity (Wildman–Crippen MR) is 141 cm³/mol. The fourth-order valence-electron chi connectivity index (χ4n) is 4.22. The molecule has 4 rings (SSSR count). The van der Waals surface area contributed by atoms with E-state index in [0.29, 0.717) is 50.0 Å². The zero-order valence-corrected chi connectivity index (χ0v) is 21.8. The van der Waals surface area contributed by atoms with Crippen molar-refractivity contribution in [2.24, 2.45) is 4.99 Å². The first-order chi connectivity index (χ1) is 17.4. The summed E-state index contributed by atoms with van der Waals surface area (Å²) in [6.07, 6.45) is 1.74. The summed E-state index contributed by atoms with van der Waals surface area (Å²) in [5.74, 6) is 0.360. The highest BCUT2D eigenvalue weighted by Crippen LogP contribution is 2.32. The number of thiazole rings is 1. The fraction of sp³-hybridized carbons (Fsp3) is 0.259. The quantitative estimate of drug-likeness (QED) is 0.475. The summed E-state index contributed by atoms with van der Waals surface area (Å²) in [5, 5.41) is 9.46. The topological polar surface area (TPSA) is 87.7 Å². The van der Waals surface area contributed by atoms with E-state index < -0.39 is 6.04 Å². The molecule has 0 aliphatic carbocycles. The average Bonchev–Trinajstić information content (AvgIpc) is 3.18. The molecule has 1 aromatic heterocycles. The van der Waals surface area contributed by atoms with E-state index in [1.54, 1.807) is 39.8 Å². The second-order valence-corrected chi connectivity index (χ2v) is 9.54. The first-order valence-electron chi connectivity index (χ1n) is 11.6. The average molecular weight is 521 g/mol. The molecular formula is C27H25ClN4O3S. The largest absolute Gasteiger partial charge is 0.478 e. The number of halogens is 1. The number of hydrogen-bond acceptors (Lipinski definition) is 6. The van der Waals surface area contributed by atoms with Gasteiger partial charge in [-0.1, -0.05) is 53.3 Å². The summed E-state index contributed by atoms with van der Waals surface area (Å²) in [6.45, 7) is 6.65. The van der Waals surface area contributed by atoms with Crippen LogP contribution in [0.25, 0.3) is 6.08 Å². The molecule has 0 saturated carbocycles. The maximum atomic E-state index is 13.8. The number of ether oxygens (including phenoxy) is 1. The highest BCUT2D eigenvalue weighted by atomic mass is 35.5. The number of aromatic nitrogens is 1. The molecule has 1 amide bonds. The maximum Gasteiger partial charge on any atom is 0.271 e. The molecule has 0 radical (unpaired) electrons. The van der Waals surface area contributed by atoms with Gasteiger partial charge in [-0.25, -0.2) is 4.99 Å². The van der Waals surface area contributed by atoms with Crippen molar-refractivity contribution >= 4 is 34.9 Å². The molecule has 7 nitrogen and oxygen atoms in total. The van der Waals surface area contributed by atoms with Crippen molar-refractivity contribution < 1.29 is 9.53 Å². The summed E-state index contributed by atoms with van der Waals surface area (Å²) in [5.41, 5.74) is 2.24. The highest BCUT2D eigenvalue weighted by Gasteiger charge is 2.34. The summed E-state index contributed by atoms with van der Waals surface area (Å²) in [7, 11) is 0. The van der Waals surface area contributed by atoms with E-state index in [4.69, 9.17) is 21.6 Å². The van der Waals surface area contributed by atoms with E-state index in [9.17, 15) is 9.59 Å². The number of amides is 1. The van der Waals surface area contributed by atoms with Gasteiger partial charge in [-0.05, 0) is 50.6 Å². The van der Waals surface area contributed by atoms with Crippen molar-refractivity contribution in [2.75, 3.05) is 19.7 Å². The molecule has 184 valence electrons. The molecule has 2 heterocycles. The Hall–Kier alpha value is -3.67. The van der Waals surface area contributed by atoms with Gasteiger partial charge in [0.2, 0.25) is 0 Å². The molecule has 1 atom stereocenters. The van der Waals surface area contributed by atoms with Gasteiger partial charge in [0.05, 0.1) is 21.8 Å². The SMILES string of the molecule is CCN(CC)C(=O)C1=C(C)N=c2s/c(=C/c3ccccc3OCC#N)c(=O)n2[C@@H]1c1ccc(Cl)cc1. The number of fused-ring (bicyclic) bond motifs is 1. The Balaban J connectivity index is 1.94. The molecule has 0 bridgehead atoms. The number of carbonyl (C=O) groups excluding carboxylic acids is 1. The van der Waals surface area contributed by atoms with E-state index in [1.165, 1.54) is 11.3 Å². The molecule has 36 heavy (non-hydrogen) atoms. The normalized spacial score (nSPS) is 15.2. The monoisotopic (exact) mass is 520 g/mol. The predicted octanol–water partition coefficient (Wildman–Crippen LogP) is 3.66. The Morgan fingerprint density at radius 2 is 1.92 bits per heavy atom. The standard InChI is InChI=1S/C27H25ClN4O3S/c1-4-31(5-2)26(34)23-17(3)30-27-32(24(23)18-10-12-20(28)13-11-18)25(33)22(36-27)16-19-8-6-7-9-21(19)35-15-14-29/h6-13,16,24H,4-5,15H2,1-3H3/b22-16+/t24-/m1/s1. The second kappa shape index (κ2) is 10.9. The Kier molecular flexibility index (Phi) is 7.73. The van der Waals surface area contributed by atoms with Crippen LogP contribution in [0.3, 0.4) is 0 Å². The minimum Gasteiger partial charge on any atom is -0.478 e. The summed E-state index contributed by atoms with van der Waals surface area (Å²) in [4.78, 5) is 34.3. The number of nitriles is 1. The molecule has 0 fully saturated rings. The lowest BCUT2D eigenvalue weighted by Crippen LogP contribution is -2.43. The van der Waals surface area contributed by atoms with Crippen LogP contribution < -0.4 is 19.6 Å². The fourth-order valence-corrected chi connectivity index (χ4v) is 5.38. The summed E-state index contributed by atoms with van der Waals surface area (Å²) >= 11 is 7.39. The van der Waals surface area contributed by atoms with E-state index in [1.807, 2.05) is 51.1 Å². The van der Waals surface area contributed by atoms with Crippen molar-refractivity contribution in [1.82, 2.24) is 9.47 Å². The van der Waals surface area contributed by atoms with Gasteiger partial charge in [-0.3, -0.25) is 14.2 Å². The zero-order chi connectivity index (χ0) is 25.8. The van der Waals surface area contributed by atoms with Crippen LogP contribution in [0.4, 0.5) is 0 Å². The third-order valence-electron chi connectivity index (χ3n) is 5.99. The van der Waals surface area contributed by atoms with Crippen molar-refractivity contribution in [1.29, 1.82) is 5.26 Å². The molecule has 1 aliphatic rings. The number of para-hydroxylation sites is 1. The highest BCUT2D eigenvalue weighted by molar-refractivity contribution is 7.07. The molecule has 2 aromatic carbocycles. The number of hydrogen-bond donors (Lipinski definition) is 0. The Bertz CT molecular complexity index is 1540. The van der Waals surface area contributed by atoms with E-state index in [-0.39, 0.29) is 18.1 Å². The van der Waals surface area contributed by atoms with Gasteiger partial charge in [0, 0.05) is 23.7 Å². The van der Waals surface area contributed by atoms with Crippen molar-refractivity contribution in [3.63, 3.8) is 0 Å². The van der Waals surface area contributed by atoms with Crippen molar-refractivity contribution in [3.05, 3.63) is 95.6 Å². The molecular weight excluding hydrogens is 496 g/mol. The third-order valence-corrected chi connectivity index (χ3v) is 7.22. The molecule has 0 saturated heterocycles. The van der Waals surface area contributed by atoms with Crippen LogP contribution in [-0.4, -0.2) is 35.1 Å². The van der Waals surface area contributed by atoms with Gasteiger partial charge >= 0.3 is 0 Å².